The van der Waals surface area contributed by atoms with Crippen molar-refractivity contribution in [3.05, 3.63) is 23.3 Å². The zero-order valence-electron chi connectivity index (χ0n) is 20.7. The summed E-state index contributed by atoms with van der Waals surface area (Å²) in [5, 5.41) is 0. The van der Waals surface area contributed by atoms with Crippen LogP contribution in [0.5, 0.6) is 0 Å². The van der Waals surface area contributed by atoms with Gasteiger partial charge in [0.25, 0.3) is 0 Å². The molecule has 0 saturated heterocycles. The number of carbonyl (C=O) groups excluding carboxylic acids is 1. The first-order chi connectivity index (χ1) is 14.1. The van der Waals surface area contributed by atoms with Crippen molar-refractivity contribution in [2.75, 3.05) is 0 Å². The Morgan fingerprint density at radius 1 is 0.933 bits per heavy atom. The van der Waals surface area contributed by atoms with Gasteiger partial charge in [-0.3, -0.25) is 4.79 Å². The molecule has 1 nitrogen and oxygen atoms in total. The molecule has 0 aromatic carbocycles. The lowest BCUT2D eigenvalue weighted by atomic mass is 9.48. The van der Waals surface area contributed by atoms with E-state index in [-0.39, 0.29) is 5.41 Å². The van der Waals surface area contributed by atoms with Crippen LogP contribution in [0, 0.1) is 46.3 Å². The quantitative estimate of drug-likeness (QED) is 0.330. The van der Waals surface area contributed by atoms with Crippen LogP contribution in [0.25, 0.3) is 0 Å². The standard InChI is InChI=1S/C29H46O/c1-18(2)19(3)8-9-20(4)23-12-13-25-22-10-11-24-21(5)27(30)15-17-29(24,7)26(22)14-16-28(23,25)6/h18-20,23-24,26H,5,8-17H2,1-4,6-7H3. The van der Waals surface area contributed by atoms with Gasteiger partial charge in [0.15, 0.2) is 5.78 Å². The van der Waals surface area contributed by atoms with E-state index in [1.807, 2.05) is 11.1 Å². The third kappa shape index (κ3) is 3.38. The van der Waals surface area contributed by atoms with Crippen LogP contribution < -0.4 is 0 Å². The normalized spacial score (nSPS) is 40.8. The highest BCUT2D eigenvalue weighted by molar-refractivity contribution is 5.96. The molecule has 0 heterocycles. The summed E-state index contributed by atoms with van der Waals surface area (Å²) in [4.78, 5) is 12.3. The number of Topliss-reactive ketones (excluding diaryl/α,β-unsaturated/α-hetero) is 1. The first-order valence-corrected chi connectivity index (χ1v) is 13.0. The molecule has 0 aliphatic heterocycles. The van der Waals surface area contributed by atoms with Crippen LogP contribution in [0.3, 0.4) is 0 Å². The maximum atomic E-state index is 12.3. The molecule has 3 saturated carbocycles. The highest BCUT2D eigenvalue weighted by Crippen LogP contribution is 2.66. The molecule has 4 aliphatic rings. The van der Waals surface area contributed by atoms with Crippen LogP contribution in [0.15, 0.2) is 23.3 Å². The summed E-state index contributed by atoms with van der Waals surface area (Å²) >= 11 is 0. The molecule has 0 bridgehead atoms. The Morgan fingerprint density at radius 2 is 1.67 bits per heavy atom. The number of ketones is 1. The van der Waals surface area contributed by atoms with E-state index in [4.69, 9.17) is 0 Å². The van der Waals surface area contributed by atoms with E-state index >= 15 is 0 Å². The molecular formula is C29H46O. The number of fused-ring (bicyclic) bond motifs is 4. The molecule has 4 aliphatic carbocycles. The van der Waals surface area contributed by atoms with Gasteiger partial charge in [0.05, 0.1) is 0 Å². The summed E-state index contributed by atoms with van der Waals surface area (Å²) in [5.74, 6) is 4.84. The summed E-state index contributed by atoms with van der Waals surface area (Å²) in [7, 11) is 0. The predicted molar refractivity (Wildman–Crippen MR) is 127 cm³/mol. The van der Waals surface area contributed by atoms with Gasteiger partial charge in [0, 0.05) is 6.42 Å². The number of rotatable bonds is 5. The van der Waals surface area contributed by atoms with Gasteiger partial charge < -0.3 is 0 Å². The van der Waals surface area contributed by atoms with Gasteiger partial charge in [-0.1, -0.05) is 72.1 Å². The van der Waals surface area contributed by atoms with E-state index < -0.39 is 0 Å². The minimum atomic E-state index is 0.281. The van der Waals surface area contributed by atoms with Gasteiger partial charge in [0.2, 0.25) is 0 Å². The van der Waals surface area contributed by atoms with Crippen LogP contribution >= 0.6 is 0 Å². The zero-order valence-corrected chi connectivity index (χ0v) is 20.7. The Hall–Kier alpha value is -0.850. The van der Waals surface area contributed by atoms with Crippen molar-refractivity contribution < 1.29 is 4.79 Å². The first kappa shape index (κ1) is 22.3. The topological polar surface area (TPSA) is 17.1 Å². The largest absolute Gasteiger partial charge is 0.295 e. The second kappa shape index (κ2) is 7.93. The molecule has 7 atom stereocenters. The lowest BCUT2D eigenvalue weighted by molar-refractivity contribution is -0.120. The van der Waals surface area contributed by atoms with Gasteiger partial charge in [0.1, 0.15) is 0 Å². The third-order valence-electron chi connectivity index (χ3n) is 10.8. The summed E-state index contributed by atoms with van der Waals surface area (Å²) < 4.78 is 0. The molecule has 7 unspecified atom stereocenters. The molecule has 0 radical (unpaired) electrons. The summed E-state index contributed by atoms with van der Waals surface area (Å²) in [6, 6.07) is 0. The second-order valence-corrected chi connectivity index (χ2v) is 12.5. The Labute approximate surface area is 186 Å². The van der Waals surface area contributed by atoms with Gasteiger partial charge in [-0.15, -0.1) is 0 Å². The monoisotopic (exact) mass is 410 g/mol. The number of carbonyl (C=O) groups is 1. The van der Waals surface area contributed by atoms with Gasteiger partial charge in [-0.25, -0.2) is 0 Å². The molecule has 30 heavy (non-hydrogen) atoms. The fraction of sp³-hybridized carbons (Fsp3) is 0.828. The fourth-order valence-electron chi connectivity index (χ4n) is 8.38. The molecule has 0 N–H and O–H groups in total. The Bertz CT molecular complexity index is 741. The molecule has 1 heteroatoms. The van der Waals surface area contributed by atoms with Crippen molar-refractivity contribution in [3.8, 4) is 0 Å². The summed E-state index contributed by atoms with van der Waals surface area (Å²) in [6.45, 7) is 19.1. The van der Waals surface area contributed by atoms with Crippen LogP contribution in [-0.2, 0) is 4.79 Å². The van der Waals surface area contributed by atoms with Crippen LogP contribution in [0.4, 0.5) is 0 Å². The third-order valence-corrected chi connectivity index (χ3v) is 10.8. The molecule has 0 aromatic rings. The van der Waals surface area contributed by atoms with Gasteiger partial charge >= 0.3 is 0 Å². The van der Waals surface area contributed by atoms with Crippen LogP contribution in [0.1, 0.15) is 106 Å². The van der Waals surface area contributed by atoms with Crippen LogP contribution in [-0.4, -0.2) is 5.78 Å². The van der Waals surface area contributed by atoms with E-state index in [1.165, 1.54) is 51.4 Å². The SMILES string of the molecule is C=C1C(=O)CCC2(C)C1CCC1=C3CCC(C(C)CCC(C)C(C)C)C3(C)CCC12. The van der Waals surface area contributed by atoms with Gasteiger partial charge in [-0.2, -0.15) is 0 Å². The second-order valence-electron chi connectivity index (χ2n) is 12.5. The maximum Gasteiger partial charge on any atom is 0.158 e. The highest BCUT2D eigenvalue weighted by Gasteiger charge is 2.56. The molecule has 0 aromatic heterocycles. The zero-order chi connectivity index (χ0) is 21.8. The van der Waals surface area contributed by atoms with E-state index in [9.17, 15) is 4.79 Å². The minimum Gasteiger partial charge on any atom is -0.295 e. The van der Waals surface area contributed by atoms with Crippen molar-refractivity contribution in [3.63, 3.8) is 0 Å². The predicted octanol–water partition coefficient (Wildman–Crippen LogP) is 8.15. The van der Waals surface area contributed by atoms with Crippen molar-refractivity contribution in [1.82, 2.24) is 0 Å². The summed E-state index contributed by atoms with van der Waals surface area (Å²) in [6.07, 6.45) is 12.5. The maximum absolute atomic E-state index is 12.3. The van der Waals surface area contributed by atoms with E-state index in [0.717, 1.165) is 42.1 Å². The molecule has 4 rings (SSSR count). The number of hydrogen-bond donors (Lipinski definition) is 0. The number of hydrogen-bond acceptors (Lipinski definition) is 1. The van der Waals surface area contributed by atoms with E-state index in [1.54, 1.807) is 0 Å². The molecular weight excluding hydrogens is 364 g/mol. The Morgan fingerprint density at radius 3 is 2.37 bits per heavy atom. The van der Waals surface area contributed by atoms with Crippen molar-refractivity contribution in [2.24, 2.45) is 46.3 Å². The van der Waals surface area contributed by atoms with E-state index in [0.29, 0.717) is 23.0 Å². The van der Waals surface area contributed by atoms with Crippen LogP contribution in [0.2, 0.25) is 0 Å². The highest BCUT2D eigenvalue weighted by atomic mass is 16.1. The lowest BCUT2D eigenvalue weighted by Crippen LogP contribution is -2.48. The van der Waals surface area contributed by atoms with Crippen molar-refractivity contribution in [1.29, 1.82) is 0 Å². The molecule has 0 amide bonds. The average Bonchev–Trinajstić information content (AvgIpc) is 3.06. The smallest absolute Gasteiger partial charge is 0.158 e. The Kier molecular flexibility index (Phi) is 5.91. The first-order valence-electron chi connectivity index (χ1n) is 13.0. The fourth-order valence-corrected chi connectivity index (χ4v) is 8.38. The van der Waals surface area contributed by atoms with E-state index in [2.05, 4.69) is 48.1 Å². The van der Waals surface area contributed by atoms with Crippen molar-refractivity contribution >= 4 is 5.78 Å². The molecule has 3 fully saturated rings. The van der Waals surface area contributed by atoms with Gasteiger partial charge in [-0.05, 0) is 96.9 Å². The Balaban J connectivity index is 1.56. The molecule has 0 spiro atoms. The van der Waals surface area contributed by atoms with Crippen molar-refractivity contribution in [2.45, 2.75) is 106 Å². The number of allylic oxidation sites excluding steroid dienone is 3. The lowest BCUT2D eigenvalue weighted by Gasteiger charge is -2.56. The average molecular weight is 411 g/mol. The molecule has 168 valence electrons. The minimum absolute atomic E-state index is 0.281. The summed E-state index contributed by atoms with van der Waals surface area (Å²) in [5.41, 5.74) is 5.39.